The molecule has 2 aromatic carbocycles. The Balaban J connectivity index is 1.97. The number of methoxy groups -OCH3 is 2. The lowest BCUT2D eigenvalue weighted by molar-refractivity contribution is 0.348. The first-order chi connectivity index (χ1) is 10.7. The van der Waals surface area contributed by atoms with Gasteiger partial charge in [-0.25, -0.2) is 0 Å². The van der Waals surface area contributed by atoms with Crippen LogP contribution < -0.4 is 9.47 Å². The maximum atomic E-state index is 5.42. The molecule has 3 nitrogen and oxygen atoms in total. The average molecular weight is 295 g/mol. The highest BCUT2D eigenvalue weighted by molar-refractivity contribution is 5.40. The molecule has 0 spiro atoms. The third kappa shape index (κ3) is 4.54. The van der Waals surface area contributed by atoms with Gasteiger partial charge in [0.05, 0.1) is 20.8 Å². The highest BCUT2D eigenvalue weighted by Gasteiger charge is 2.07. The number of rotatable bonds is 5. The maximum absolute atomic E-state index is 5.42. The summed E-state index contributed by atoms with van der Waals surface area (Å²) >= 11 is 0. The van der Waals surface area contributed by atoms with Crippen LogP contribution in [-0.2, 0) is 6.54 Å². The van der Waals surface area contributed by atoms with Crippen LogP contribution in [0.5, 0.6) is 11.5 Å². The van der Waals surface area contributed by atoms with Crippen LogP contribution in [-0.4, -0.2) is 32.7 Å². The van der Waals surface area contributed by atoms with Crippen LogP contribution in [0.4, 0.5) is 0 Å². The maximum Gasteiger partial charge on any atom is 0.127 e. The molecule has 0 amide bonds. The highest BCUT2D eigenvalue weighted by atomic mass is 16.5. The molecule has 0 aliphatic rings. The summed E-state index contributed by atoms with van der Waals surface area (Å²) in [5.74, 6) is 7.99. The van der Waals surface area contributed by atoms with Gasteiger partial charge in [-0.3, -0.25) is 4.90 Å². The molecule has 0 heterocycles. The summed E-state index contributed by atoms with van der Waals surface area (Å²) in [5, 5.41) is 0. The Morgan fingerprint density at radius 3 is 2.45 bits per heavy atom. The molecule has 0 saturated heterocycles. The van der Waals surface area contributed by atoms with Crippen LogP contribution in [0.15, 0.2) is 48.5 Å². The number of hydrogen-bond acceptors (Lipinski definition) is 3. The molecule has 114 valence electrons. The Morgan fingerprint density at radius 2 is 1.77 bits per heavy atom. The lowest BCUT2D eigenvalue weighted by Gasteiger charge is -2.16. The van der Waals surface area contributed by atoms with E-state index in [2.05, 4.69) is 16.7 Å². The molecule has 0 saturated carbocycles. The van der Waals surface area contributed by atoms with E-state index in [1.165, 1.54) is 0 Å². The Hall–Kier alpha value is -2.44. The summed E-state index contributed by atoms with van der Waals surface area (Å²) in [7, 11) is 5.37. The predicted octanol–water partition coefficient (Wildman–Crippen LogP) is 3.19. The standard InChI is InChI=1S/C19H21NO2/c1-20(13-7-10-16-8-5-4-6-9-16)15-17-11-12-18(21-2)14-19(17)22-3/h4-6,8-9,11-12,14H,13,15H2,1-3H3. The molecule has 0 atom stereocenters. The molecule has 0 fully saturated rings. The Morgan fingerprint density at radius 1 is 1.00 bits per heavy atom. The molecule has 2 aromatic rings. The third-order valence-corrected chi connectivity index (χ3v) is 3.29. The molecule has 0 unspecified atom stereocenters. The summed E-state index contributed by atoms with van der Waals surface area (Å²) < 4.78 is 10.6. The Bertz CT molecular complexity index is 656. The van der Waals surface area contributed by atoms with Crippen molar-refractivity contribution < 1.29 is 9.47 Å². The zero-order valence-electron chi connectivity index (χ0n) is 13.3. The van der Waals surface area contributed by atoms with Crippen molar-refractivity contribution in [2.45, 2.75) is 6.54 Å². The lowest BCUT2D eigenvalue weighted by atomic mass is 10.1. The van der Waals surface area contributed by atoms with E-state index < -0.39 is 0 Å². The molecule has 0 aromatic heterocycles. The summed E-state index contributed by atoms with van der Waals surface area (Å²) in [6, 6.07) is 15.9. The summed E-state index contributed by atoms with van der Waals surface area (Å²) in [6.45, 7) is 1.47. The van der Waals surface area contributed by atoms with Crippen molar-refractivity contribution in [3.05, 3.63) is 59.7 Å². The van der Waals surface area contributed by atoms with E-state index in [-0.39, 0.29) is 0 Å². The molecule has 2 rings (SSSR count). The molecule has 0 aliphatic heterocycles. The van der Waals surface area contributed by atoms with Crippen molar-refractivity contribution >= 4 is 0 Å². The first-order valence-electron chi connectivity index (χ1n) is 7.16. The minimum Gasteiger partial charge on any atom is -0.497 e. The second kappa shape index (κ2) is 8.11. The smallest absolute Gasteiger partial charge is 0.127 e. The van der Waals surface area contributed by atoms with Gasteiger partial charge in [0.25, 0.3) is 0 Å². The van der Waals surface area contributed by atoms with Crippen LogP contribution in [0.3, 0.4) is 0 Å². The summed E-state index contributed by atoms with van der Waals surface area (Å²) in [5.41, 5.74) is 2.16. The minimum absolute atomic E-state index is 0.698. The van der Waals surface area contributed by atoms with Crippen molar-refractivity contribution in [3.63, 3.8) is 0 Å². The fraction of sp³-hybridized carbons (Fsp3) is 0.263. The van der Waals surface area contributed by atoms with E-state index in [4.69, 9.17) is 9.47 Å². The SMILES string of the molecule is COc1ccc(CN(C)CC#Cc2ccccc2)c(OC)c1. The number of ether oxygens (including phenoxy) is 2. The zero-order chi connectivity index (χ0) is 15.8. The van der Waals surface area contributed by atoms with E-state index in [0.717, 1.165) is 29.2 Å². The largest absolute Gasteiger partial charge is 0.497 e. The second-order valence-corrected chi connectivity index (χ2v) is 5.02. The van der Waals surface area contributed by atoms with Gasteiger partial charge in [0.2, 0.25) is 0 Å². The van der Waals surface area contributed by atoms with E-state index >= 15 is 0 Å². The van der Waals surface area contributed by atoms with Crippen molar-refractivity contribution in [1.82, 2.24) is 4.90 Å². The second-order valence-electron chi connectivity index (χ2n) is 5.02. The van der Waals surface area contributed by atoms with Crippen LogP contribution in [0.25, 0.3) is 0 Å². The minimum atomic E-state index is 0.698. The van der Waals surface area contributed by atoms with Gasteiger partial charge >= 0.3 is 0 Å². The van der Waals surface area contributed by atoms with Gasteiger partial charge in [0.1, 0.15) is 11.5 Å². The van der Waals surface area contributed by atoms with E-state index in [1.807, 2.05) is 55.6 Å². The van der Waals surface area contributed by atoms with Crippen LogP contribution in [0, 0.1) is 11.8 Å². The molecule has 0 radical (unpaired) electrons. The van der Waals surface area contributed by atoms with Crippen LogP contribution in [0.2, 0.25) is 0 Å². The zero-order valence-corrected chi connectivity index (χ0v) is 13.3. The van der Waals surface area contributed by atoms with Crippen molar-refractivity contribution in [1.29, 1.82) is 0 Å². The van der Waals surface area contributed by atoms with E-state index in [1.54, 1.807) is 14.2 Å². The van der Waals surface area contributed by atoms with Gasteiger partial charge in [0, 0.05) is 23.7 Å². The van der Waals surface area contributed by atoms with Crippen LogP contribution in [0.1, 0.15) is 11.1 Å². The summed E-state index contributed by atoms with van der Waals surface area (Å²) in [4.78, 5) is 2.15. The molecule has 22 heavy (non-hydrogen) atoms. The molecule has 0 bridgehead atoms. The molecule has 3 heteroatoms. The van der Waals surface area contributed by atoms with Gasteiger partial charge in [-0.2, -0.15) is 0 Å². The molecule has 0 aliphatic carbocycles. The summed E-state index contributed by atoms with van der Waals surface area (Å²) in [6.07, 6.45) is 0. The van der Waals surface area contributed by atoms with Crippen molar-refractivity contribution in [3.8, 4) is 23.3 Å². The average Bonchev–Trinajstić information content (AvgIpc) is 2.56. The Kier molecular flexibility index (Phi) is 5.88. The number of nitrogens with zero attached hydrogens (tertiary/aromatic N) is 1. The predicted molar refractivity (Wildman–Crippen MR) is 89.2 cm³/mol. The quantitative estimate of drug-likeness (QED) is 0.791. The Labute approximate surface area is 132 Å². The van der Waals surface area contributed by atoms with E-state index in [0.29, 0.717) is 6.54 Å². The van der Waals surface area contributed by atoms with Gasteiger partial charge in [0.15, 0.2) is 0 Å². The first kappa shape index (κ1) is 15.9. The normalized spacial score (nSPS) is 10.0. The van der Waals surface area contributed by atoms with Crippen LogP contribution >= 0.6 is 0 Å². The van der Waals surface area contributed by atoms with Crippen molar-refractivity contribution in [2.24, 2.45) is 0 Å². The van der Waals surface area contributed by atoms with Crippen molar-refractivity contribution in [2.75, 3.05) is 27.8 Å². The topological polar surface area (TPSA) is 21.7 Å². The lowest BCUT2D eigenvalue weighted by Crippen LogP contribution is -2.18. The number of benzene rings is 2. The van der Waals surface area contributed by atoms with Gasteiger partial charge in [-0.15, -0.1) is 0 Å². The first-order valence-corrected chi connectivity index (χ1v) is 7.16. The number of hydrogen-bond donors (Lipinski definition) is 0. The molecular formula is C19H21NO2. The van der Waals surface area contributed by atoms with E-state index in [9.17, 15) is 0 Å². The van der Waals surface area contributed by atoms with Gasteiger partial charge in [-0.1, -0.05) is 36.1 Å². The highest BCUT2D eigenvalue weighted by Crippen LogP contribution is 2.25. The fourth-order valence-corrected chi connectivity index (χ4v) is 2.13. The monoisotopic (exact) mass is 295 g/mol. The van der Waals surface area contributed by atoms with Gasteiger partial charge in [-0.05, 0) is 25.2 Å². The third-order valence-electron chi connectivity index (χ3n) is 3.29. The molecule has 0 N–H and O–H groups in total. The van der Waals surface area contributed by atoms with Gasteiger partial charge < -0.3 is 9.47 Å². The molecular weight excluding hydrogens is 274 g/mol. The fourth-order valence-electron chi connectivity index (χ4n) is 2.13.